The van der Waals surface area contributed by atoms with E-state index in [4.69, 9.17) is 5.73 Å². The van der Waals surface area contributed by atoms with Crippen molar-refractivity contribution in [2.24, 2.45) is 0 Å². The second kappa shape index (κ2) is 2.13. The van der Waals surface area contributed by atoms with Crippen molar-refractivity contribution >= 4 is 50.2 Å². The number of nitrogen functional groups attached to an aromatic ring is 1. The molecule has 0 radical (unpaired) electrons. The van der Waals surface area contributed by atoms with Gasteiger partial charge in [0.05, 0.1) is 22.9 Å². The molecule has 2 nitrogen and oxygen atoms in total. The van der Waals surface area contributed by atoms with Crippen molar-refractivity contribution in [1.82, 2.24) is 2.78 Å². The third-order valence-corrected chi connectivity index (χ3v) is 3.66. The zero-order chi connectivity index (χ0) is 7.14. The summed E-state index contributed by atoms with van der Waals surface area (Å²) in [6, 6.07) is 4.06. The van der Waals surface area contributed by atoms with Gasteiger partial charge in [0.25, 0.3) is 0 Å². The molecule has 0 aliphatic heterocycles. The quantitative estimate of drug-likeness (QED) is 0.728. The smallest absolute Gasteiger partial charge is 0.114 e. The highest BCUT2D eigenvalue weighted by atomic mass is 127. The lowest BCUT2D eigenvalue weighted by Crippen LogP contribution is -1.87. The minimum Gasteiger partial charge on any atom is -0.384 e. The molecule has 2 aromatic rings. The molecule has 0 aliphatic carbocycles. The normalized spacial score (nSPS) is 10.9. The fourth-order valence-corrected chi connectivity index (χ4v) is 2.48. The van der Waals surface area contributed by atoms with Crippen molar-refractivity contribution in [2.75, 3.05) is 5.73 Å². The van der Waals surface area contributed by atoms with Gasteiger partial charge in [-0.3, -0.25) is 2.78 Å². The molecule has 0 fully saturated rings. The Morgan fingerprint density at radius 3 is 3.10 bits per heavy atom. The minimum absolute atomic E-state index is 0.822. The van der Waals surface area contributed by atoms with E-state index in [9.17, 15) is 0 Å². The highest BCUT2D eigenvalue weighted by Gasteiger charge is 2.02. The highest BCUT2D eigenvalue weighted by molar-refractivity contribution is 14.1. The molecule has 4 heteroatoms. The third-order valence-electron chi connectivity index (χ3n) is 1.38. The van der Waals surface area contributed by atoms with Crippen LogP contribution in [0, 0.1) is 0 Å². The average molecular weight is 264 g/mol. The summed E-state index contributed by atoms with van der Waals surface area (Å²) in [5.41, 5.74) is 5.66. The van der Waals surface area contributed by atoms with Crippen LogP contribution in [-0.2, 0) is 0 Å². The maximum absolute atomic E-state index is 5.66. The number of thiophene rings is 1. The second-order valence-corrected chi connectivity index (χ2v) is 3.89. The van der Waals surface area contributed by atoms with Crippen LogP contribution in [0.1, 0.15) is 0 Å². The fourth-order valence-electron chi connectivity index (χ4n) is 0.914. The molecule has 0 saturated heterocycles. The van der Waals surface area contributed by atoms with E-state index in [1.54, 1.807) is 11.3 Å². The summed E-state index contributed by atoms with van der Waals surface area (Å²) in [5.74, 6) is 0.822. The van der Waals surface area contributed by atoms with Crippen LogP contribution in [0.2, 0.25) is 0 Å². The van der Waals surface area contributed by atoms with Crippen molar-refractivity contribution in [2.45, 2.75) is 0 Å². The SMILES string of the molecule is Nc1cc2ccsc2n1I. The molecule has 0 bridgehead atoms. The van der Waals surface area contributed by atoms with Gasteiger partial charge in [-0.15, -0.1) is 11.3 Å². The number of nitrogens with two attached hydrogens (primary N) is 1. The minimum atomic E-state index is 0.822. The van der Waals surface area contributed by atoms with E-state index in [2.05, 4.69) is 34.3 Å². The van der Waals surface area contributed by atoms with E-state index in [1.165, 1.54) is 10.2 Å². The molecule has 0 aliphatic rings. The van der Waals surface area contributed by atoms with Crippen molar-refractivity contribution in [3.05, 3.63) is 17.5 Å². The number of aromatic nitrogens is 1. The lowest BCUT2D eigenvalue weighted by atomic mass is 10.4. The fraction of sp³-hybridized carbons (Fsp3) is 0. The number of fused-ring (bicyclic) bond motifs is 1. The van der Waals surface area contributed by atoms with Gasteiger partial charge in [-0.2, -0.15) is 0 Å². The summed E-state index contributed by atoms with van der Waals surface area (Å²) in [7, 11) is 0. The molecule has 2 aromatic heterocycles. The first-order valence-corrected chi connectivity index (χ1v) is 4.64. The van der Waals surface area contributed by atoms with Gasteiger partial charge in [-0.05, 0) is 17.5 Å². The molecule has 0 aromatic carbocycles. The number of hydrogen-bond acceptors (Lipinski definition) is 2. The Balaban J connectivity index is 2.95. The first-order chi connectivity index (χ1) is 4.79. The van der Waals surface area contributed by atoms with Crippen molar-refractivity contribution in [1.29, 1.82) is 0 Å². The molecular formula is C6H5IN2S. The molecule has 2 rings (SSSR count). The topological polar surface area (TPSA) is 30.9 Å². The predicted octanol–water partition coefficient (Wildman–Crippen LogP) is 2.48. The van der Waals surface area contributed by atoms with Gasteiger partial charge in [0.2, 0.25) is 0 Å². The molecule has 2 N–H and O–H groups in total. The highest BCUT2D eigenvalue weighted by Crippen LogP contribution is 2.28. The number of nitrogens with zero attached hydrogens (tertiary/aromatic N) is 1. The summed E-state index contributed by atoms with van der Waals surface area (Å²) >= 11 is 3.91. The standard InChI is InChI=1S/C6H5IN2S/c7-9-5(8)3-4-1-2-10-6(4)9/h1-3H,8H2. The number of hydrogen-bond donors (Lipinski definition) is 1. The van der Waals surface area contributed by atoms with E-state index < -0.39 is 0 Å². The molecule has 2 heterocycles. The Hall–Kier alpha value is -0.230. The van der Waals surface area contributed by atoms with E-state index >= 15 is 0 Å². The lowest BCUT2D eigenvalue weighted by Gasteiger charge is -1.89. The van der Waals surface area contributed by atoms with Crippen LogP contribution < -0.4 is 5.73 Å². The summed E-state index contributed by atoms with van der Waals surface area (Å²) in [4.78, 5) is 1.23. The monoisotopic (exact) mass is 264 g/mol. The zero-order valence-corrected chi connectivity index (χ0v) is 8.02. The van der Waals surface area contributed by atoms with E-state index in [0.29, 0.717) is 0 Å². The van der Waals surface area contributed by atoms with E-state index in [1.807, 2.05) is 8.85 Å². The molecule has 0 amide bonds. The largest absolute Gasteiger partial charge is 0.384 e. The van der Waals surface area contributed by atoms with Crippen LogP contribution in [0.4, 0.5) is 5.82 Å². The Morgan fingerprint density at radius 1 is 1.60 bits per heavy atom. The van der Waals surface area contributed by atoms with Gasteiger partial charge in [0.15, 0.2) is 0 Å². The predicted molar refractivity (Wildman–Crippen MR) is 53.6 cm³/mol. The van der Waals surface area contributed by atoms with Crippen LogP contribution in [0.15, 0.2) is 17.5 Å². The Bertz CT molecular complexity index is 363. The van der Waals surface area contributed by atoms with Gasteiger partial charge in [-0.1, -0.05) is 0 Å². The van der Waals surface area contributed by atoms with Gasteiger partial charge < -0.3 is 5.73 Å². The second-order valence-electron chi connectivity index (χ2n) is 2.03. The molecular weight excluding hydrogens is 259 g/mol. The first kappa shape index (κ1) is 6.48. The van der Waals surface area contributed by atoms with Crippen LogP contribution in [0.25, 0.3) is 10.2 Å². The maximum Gasteiger partial charge on any atom is 0.114 e. The maximum atomic E-state index is 5.66. The Labute approximate surface area is 76.1 Å². The van der Waals surface area contributed by atoms with Crippen molar-refractivity contribution in [3.8, 4) is 0 Å². The molecule has 10 heavy (non-hydrogen) atoms. The van der Waals surface area contributed by atoms with E-state index in [-0.39, 0.29) is 0 Å². The lowest BCUT2D eigenvalue weighted by molar-refractivity contribution is 1.45. The molecule has 0 unspecified atom stereocenters. The first-order valence-electron chi connectivity index (χ1n) is 2.79. The van der Waals surface area contributed by atoms with Crippen molar-refractivity contribution in [3.63, 3.8) is 0 Å². The summed E-state index contributed by atoms with van der Waals surface area (Å²) in [5, 5.41) is 3.30. The van der Waals surface area contributed by atoms with Crippen molar-refractivity contribution < 1.29 is 0 Å². The Morgan fingerprint density at radius 2 is 2.40 bits per heavy atom. The van der Waals surface area contributed by atoms with Crippen LogP contribution in [0.3, 0.4) is 0 Å². The van der Waals surface area contributed by atoms with Gasteiger partial charge in [0.1, 0.15) is 10.6 Å². The Kier molecular flexibility index (Phi) is 1.38. The molecule has 0 spiro atoms. The zero-order valence-electron chi connectivity index (χ0n) is 5.04. The van der Waals surface area contributed by atoms with E-state index in [0.717, 1.165) is 5.82 Å². The van der Waals surface area contributed by atoms with Crippen LogP contribution >= 0.6 is 34.2 Å². The molecule has 0 atom stereocenters. The van der Waals surface area contributed by atoms with Crippen LogP contribution in [0.5, 0.6) is 0 Å². The number of halogens is 1. The summed E-state index contributed by atoms with van der Waals surface area (Å²) in [6.07, 6.45) is 0. The molecule has 52 valence electrons. The van der Waals surface area contributed by atoms with Gasteiger partial charge in [0, 0.05) is 5.39 Å². The summed E-state index contributed by atoms with van der Waals surface area (Å²) in [6.45, 7) is 0. The number of anilines is 1. The van der Waals surface area contributed by atoms with Crippen LogP contribution in [-0.4, -0.2) is 2.78 Å². The summed E-state index contributed by atoms with van der Waals surface area (Å²) < 4.78 is 1.97. The average Bonchev–Trinajstić information content (AvgIpc) is 2.41. The van der Waals surface area contributed by atoms with Gasteiger partial charge in [-0.25, -0.2) is 0 Å². The third kappa shape index (κ3) is 0.751. The number of rotatable bonds is 0. The van der Waals surface area contributed by atoms with Gasteiger partial charge >= 0.3 is 0 Å². The molecule has 0 saturated carbocycles.